The smallest absolute Gasteiger partial charge is 0.264 e. The van der Waals surface area contributed by atoms with Crippen molar-refractivity contribution in [1.29, 1.82) is 0 Å². The quantitative estimate of drug-likeness (QED) is 0.642. The number of methoxy groups -OCH3 is 1. The molecule has 3 heterocycles. The number of benzene rings is 1. The number of amides is 2. The van der Waals surface area contributed by atoms with E-state index in [9.17, 15) is 9.59 Å². The third-order valence-electron chi connectivity index (χ3n) is 5.18. The predicted molar refractivity (Wildman–Crippen MR) is 122 cm³/mol. The Hall–Kier alpha value is -3.39. The molecule has 1 fully saturated rings. The maximum atomic E-state index is 12.5. The topological polar surface area (TPSA) is 74.8 Å². The van der Waals surface area contributed by atoms with Gasteiger partial charge < -0.3 is 19.9 Å². The van der Waals surface area contributed by atoms with Crippen molar-refractivity contribution in [2.45, 2.75) is 6.42 Å². The Morgan fingerprint density at radius 3 is 2.45 bits per heavy atom. The van der Waals surface area contributed by atoms with E-state index < -0.39 is 0 Å². The van der Waals surface area contributed by atoms with Gasteiger partial charge in [-0.2, -0.15) is 0 Å². The molecule has 1 saturated heterocycles. The normalized spacial score (nSPS) is 13.7. The monoisotopic (exact) mass is 436 g/mol. The third kappa shape index (κ3) is 5.21. The fraction of sp³-hybridized carbons (Fsp3) is 0.261. The maximum absolute atomic E-state index is 12.5. The maximum Gasteiger partial charge on any atom is 0.264 e. The average Bonchev–Trinajstić information content (AvgIpc) is 3.35. The Morgan fingerprint density at radius 2 is 1.84 bits per heavy atom. The van der Waals surface area contributed by atoms with E-state index in [2.05, 4.69) is 15.2 Å². The van der Waals surface area contributed by atoms with Crippen LogP contribution in [-0.4, -0.2) is 55.0 Å². The molecule has 0 bridgehead atoms. The average molecular weight is 437 g/mol. The molecule has 8 heteroatoms. The number of anilines is 2. The summed E-state index contributed by atoms with van der Waals surface area (Å²) in [6.45, 7) is 2.79. The Morgan fingerprint density at radius 1 is 1.06 bits per heavy atom. The number of hydrogen-bond donors (Lipinski definition) is 1. The van der Waals surface area contributed by atoms with E-state index in [0.29, 0.717) is 18.8 Å². The number of thiophene rings is 1. The molecular weight excluding hydrogens is 412 g/mol. The summed E-state index contributed by atoms with van der Waals surface area (Å²) in [6.07, 6.45) is 1.95. The van der Waals surface area contributed by atoms with Crippen LogP contribution >= 0.6 is 11.3 Å². The molecule has 0 aliphatic carbocycles. The number of pyridine rings is 1. The van der Waals surface area contributed by atoms with Crippen molar-refractivity contribution >= 4 is 34.7 Å². The predicted octanol–water partition coefficient (Wildman–Crippen LogP) is 3.30. The number of rotatable bonds is 6. The lowest BCUT2D eigenvalue weighted by Crippen LogP contribution is -2.48. The first-order chi connectivity index (χ1) is 15.1. The molecule has 0 radical (unpaired) electrons. The van der Waals surface area contributed by atoms with Gasteiger partial charge in [-0.1, -0.05) is 18.2 Å². The molecule has 1 N–H and O–H groups in total. The summed E-state index contributed by atoms with van der Waals surface area (Å²) in [5.74, 6) is 1.61. The number of carbonyl (C=O) groups is 2. The van der Waals surface area contributed by atoms with Gasteiger partial charge in [0.25, 0.3) is 5.91 Å². The Balaban J connectivity index is 1.28. The van der Waals surface area contributed by atoms with E-state index in [0.717, 1.165) is 35.1 Å². The van der Waals surface area contributed by atoms with Crippen molar-refractivity contribution in [3.63, 3.8) is 0 Å². The first kappa shape index (κ1) is 20.9. The van der Waals surface area contributed by atoms with E-state index in [1.165, 1.54) is 11.3 Å². The fourth-order valence-corrected chi connectivity index (χ4v) is 4.17. The van der Waals surface area contributed by atoms with Gasteiger partial charge in [0.2, 0.25) is 5.91 Å². The van der Waals surface area contributed by atoms with E-state index >= 15 is 0 Å². The number of piperazine rings is 1. The van der Waals surface area contributed by atoms with Gasteiger partial charge in [0, 0.05) is 26.2 Å². The molecule has 2 amide bonds. The van der Waals surface area contributed by atoms with Crippen LogP contribution in [-0.2, 0) is 11.2 Å². The summed E-state index contributed by atoms with van der Waals surface area (Å²) in [7, 11) is 1.61. The number of hydrogen-bond acceptors (Lipinski definition) is 6. The van der Waals surface area contributed by atoms with Crippen molar-refractivity contribution < 1.29 is 14.3 Å². The van der Waals surface area contributed by atoms with Gasteiger partial charge in [-0.3, -0.25) is 9.59 Å². The van der Waals surface area contributed by atoms with Gasteiger partial charge in [-0.25, -0.2) is 4.98 Å². The van der Waals surface area contributed by atoms with Crippen LogP contribution in [0, 0.1) is 0 Å². The van der Waals surface area contributed by atoms with Crippen LogP contribution in [0.15, 0.2) is 60.1 Å². The molecule has 2 aromatic heterocycles. The minimum atomic E-state index is -0.0968. The van der Waals surface area contributed by atoms with Crippen LogP contribution in [0.5, 0.6) is 5.75 Å². The second-order valence-electron chi connectivity index (χ2n) is 7.23. The molecule has 160 valence electrons. The van der Waals surface area contributed by atoms with Crippen LogP contribution in [0.4, 0.5) is 11.5 Å². The fourth-order valence-electron chi connectivity index (χ4n) is 3.48. The van der Waals surface area contributed by atoms with Crippen LogP contribution < -0.4 is 15.0 Å². The second-order valence-corrected chi connectivity index (χ2v) is 8.18. The summed E-state index contributed by atoms with van der Waals surface area (Å²) in [6, 6.07) is 15.0. The van der Waals surface area contributed by atoms with Crippen LogP contribution in [0.2, 0.25) is 0 Å². The number of nitrogens with zero attached hydrogens (tertiary/aromatic N) is 3. The van der Waals surface area contributed by atoms with Crippen LogP contribution in [0.3, 0.4) is 0 Å². The lowest BCUT2D eigenvalue weighted by molar-refractivity contribution is -0.115. The minimum absolute atomic E-state index is 0.0949. The summed E-state index contributed by atoms with van der Waals surface area (Å²) in [5, 5.41) is 4.81. The van der Waals surface area contributed by atoms with Gasteiger partial charge in [-0.15, -0.1) is 11.3 Å². The molecule has 4 rings (SSSR count). The molecular formula is C23H24N4O3S. The standard InChI is InChI=1S/C23H24N4O3S/c1-30-19-7-4-17(5-8-19)15-22(28)25-18-6-9-21(24-16-18)26-10-12-27(13-11-26)23(29)20-3-2-14-31-20/h2-9,14,16H,10-13,15H2,1H3,(H,25,28). The van der Waals surface area contributed by atoms with E-state index in [4.69, 9.17) is 4.74 Å². The van der Waals surface area contributed by atoms with E-state index in [-0.39, 0.29) is 18.2 Å². The second kappa shape index (κ2) is 9.61. The van der Waals surface area contributed by atoms with Crippen LogP contribution in [0.1, 0.15) is 15.2 Å². The van der Waals surface area contributed by atoms with Crippen molar-refractivity contribution in [2.24, 2.45) is 0 Å². The molecule has 31 heavy (non-hydrogen) atoms. The summed E-state index contributed by atoms with van der Waals surface area (Å²) < 4.78 is 5.13. The number of aromatic nitrogens is 1. The van der Waals surface area contributed by atoms with Gasteiger partial charge in [0.1, 0.15) is 11.6 Å². The molecule has 0 unspecified atom stereocenters. The summed E-state index contributed by atoms with van der Waals surface area (Å²) >= 11 is 1.47. The highest BCUT2D eigenvalue weighted by atomic mass is 32.1. The van der Waals surface area contributed by atoms with E-state index in [1.54, 1.807) is 13.3 Å². The van der Waals surface area contributed by atoms with Crippen LogP contribution in [0.25, 0.3) is 0 Å². The highest BCUT2D eigenvalue weighted by Gasteiger charge is 2.23. The highest BCUT2D eigenvalue weighted by molar-refractivity contribution is 7.12. The van der Waals surface area contributed by atoms with E-state index in [1.807, 2.05) is 58.8 Å². The zero-order valence-electron chi connectivity index (χ0n) is 17.3. The molecule has 0 atom stereocenters. The Labute approximate surface area is 185 Å². The number of carbonyl (C=O) groups excluding carboxylic acids is 2. The molecule has 1 aromatic carbocycles. The first-order valence-corrected chi connectivity index (χ1v) is 11.0. The lowest BCUT2D eigenvalue weighted by Gasteiger charge is -2.35. The highest BCUT2D eigenvalue weighted by Crippen LogP contribution is 2.19. The van der Waals surface area contributed by atoms with Crippen molar-refractivity contribution in [3.05, 3.63) is 70.5 Å². The summed E-state index contributed by atoms with van der Waals surface area (Å²) in [4.78, 5) is 34.1. The SMILES string of the molecule is COc1ccc(CC(=O)Nc2ccc(N3CCN(C(=O)c4cccs4)CC3)nc2)cc1. The van der Waals surface area contributed by atoms with Gasteiger partial charge in [-0.05, 0) is 41.3 Å². The van der Waals surface area contributed by atoms with Gasteiger partial charge >= 0.3 is 0 Å². The molecule has 0 saturated carbocycles. The third-order valence-corrected chi connectivity index (χ3v) is 6.04. The van der Waals surface area contributed by atoms with Crippen molar-refractivity contribution in [1.82, 2.24) is 9.88 Å². The van der Waals surface area contributed by atoms with Gasteiger partial charge in [0.15, 0.2) is 0 Å². The number of nitrogens with one attached hydrogen (secondary N) is 1. The largest absolute Gasteiger partial charge is 0.497 e. The molecule has 1 aliphatic heterocycles. The van der Waals surface area contributed by atoms with Gasteiger partial charge in [0.05, 0.1) is 30.3 Å². The zero-order valence-corrected chi connectivity index (χ0v) is 18.1. The molecule has 0 spiro atoms. The number of ether oxygens (including phenoxy) is 1. The van der Waals surface area contributed by atoms with Crippen molar-refractivity contribution in [3.8, 4) is 5.75 Å². The zero-order chi connectivity index (χ0) is 21.6. The minimum Gasteiger partial charge on any atom is -0.497 e. The lowest BCUT2D eigenvalue weighted by atomic mass is 10.1. The molecule has 3 aromatic rings. The summed E-state index contributed by atoms with van der Waals surface area (Å²) in [5.41, 5.74) is 1.58. The molecule has 1 aliphatic rings. The van der Waals surface area contributed by atoms with Crippen molar-refractivity contribution in [2.75, 3.05) is 43.5 Å². The Bertz CT molecular complexity index is 1010. The first-order valence-electron chi connectivity index (χ1n) is 10.1. The molecule has 7 nitrogen and oxygen atoms in total. The Kier molecular flexibility index (Phi) is 6.47.